The second kappa shape index (κ2) is 9.68. The largest absolute Gasteiger partial charge is 0.494 e. The molecule has 150 valence electrons. The van der Waals surface area contributed by atoms with Crippen molar-refractivity contribution >= 4 is 11.6 Å². The van der Waals surface area contributed by atoms with Gasteiger partial charge in [0, 0.05) is 29.4 Å². The van der Waals surface area contributed by atoms with Gasteiger partial charge in [-0.05, 0) is 49.6 Å². The molecule has 3 aromatic rings. The maximum Gasteiger partial charge on any atom is 0.251 e. The molecular weight excluding hydrogens is 366 g/mol. The highest BCUT2D eigenvalue weighted by molar-refractivity contribution is 5.91. The maximum absolute atomic E-state index is 12.2. The average Bonchev–Trinajstić information content (AvgIpc) is 2.71. The molecule has 0 aliphatic heterocycles. The van der Waals surface area contributed by atoms with E-state index in [4.69, 9.17) is 4.74 Å². The molecule has 2 aromatic carbocycles. The smallest absolute Gasteiger partial charge is 0.251 e. The molecule has 0 saturated heterocycles. The molecule has 0 aliphatic carbocycles. The van der Waals surface area contributed by atoms with E-state index in [9.17, 15) is 9.59 Å². The Hall–Kier alpha value is -3.41. The van der Waals surface area contributed by atoms with Gasteiger partial charge < -0.3 is 15.0 Å². The number of amides is 1. The van der Waals surface area contributed by atoms with Crippen LogP contribution in [0.3, 0.4) is 0 Å². The van der Waals surface area contributed by atoms with E-state index >= 15 is 0 Å². The van der Waals surface area contributed by atoms with E-state index in [1.165, 1.54) is 6.07 Å². The lowest BCUT2D eigenvalue weighted by molar-refractivity contribution is -0.116. The molecule has 0 bridgehead atoms. The Bertz CT molecular complexity index is 1040. The zero-order valence-electron chi connectivity index (χ0n) is 16.7. The summed E-state index contributed by atoms with van der Waals surface area (Å²) in [6.07, 6.45) is 1.65. The molecule has 1 amide bonds. The van der Waals surface area contributed by atoms with Crippen molar-refractivity contribution in [1.29, 1.82) is 0 Å². The number of ether oxygens (including phenoxy) is 1. The molecule has 0 fully saturated rings. The highest BCUT2D eigenvalue weighted by atomic mass is 16.5. The lowest BCUT2D eigenvalue weighted by Gasteiger charge is -2.09. The Morgan fingerprint density at radius 2 is 1.97 bits per heavy atom. The molecule has 0 saturated carbocycles. The van der Waals surface area contributed by atoms with Gasteiger partial charge in [-0.15, -0.1) is 0 Å². The third-order valence-corrected chi connectivity index (χ3v) is 4.38. The van der Waals surface area contributed by atoms with Crippen molar-refractivity contribution in [3.05, 3.63) is 76.2 Å². The highest BCUT2D eigenvalue weighted by Crippen LogP contribution is 2.19. The molecule has 1 aromatic heterocycles. The van der Waals surface area contributed by atoms with Crippen LogP contribution >= 0.6 is 0 Å². The van der Waals surface area contributed by atoms with Crippen molar-refractivity contribution in [2.24, 2.45) is 0 Å². The zero-order valence-corrected chi connectivity index (χ0v) is 16.7. The minimum Gasteiger partial charge on any atom is -0.494 e. The number of nitrogens with zero attached hydrogens (tertiary/aromatic N) is 1. The average molecular weight is 391 g/mol. The van der Waals surface area contributed by atoms with Gasteiger partial charge in [-0.25, -0.2) is 4.98 Å². The van der Waals surface area contributed by atoms with Crippen LogP contribution in [0.15, 0.2) is 59.4 Å². The van der Waals surface area contributed by atoms with E-state index in [0.29, 0.717) is 37.4 Å². The van der Waals surface area contributed by atoms with Crippen LogP contribution in [-0.2, 0) is 11.2 Å². The molecule has 0 unspecified atom stereocenters. The van der Waals surface area contributed by atoms with Crippen LogP contribution in [0, 0.1) is 6.92 Å². The minimum atomic E-state index is -0.185. The van der Waals surface area contributed by atoms with E-state index in [-0.39, 0.29) is 11.5 Å². The summed E-state index contributed by atoms with van der Waals surface area (Å²) in [6, 6.07) is 16.6. The maximum atomic E-state index is 12.2. The van der Waals surface area contributed by atoms with Gasteiger partial charge >= 0.3 is 0 Å². The van der Waals surface area contributed by atoms with Crippen molar-refractivity contribution < 1.29 is 9.53 Å². The molecule has 0 aliphatic rings. The second-order valence-corrected chi connectivity index (χ2v) is 6.84. The third kappa shape index (κ3) is 6.04. The first-order valence-electron chi connectivity index (χ1n) is 9.73. The number of nitrogens with one attached hydrogen (secondary N) is 2. The molecule has 0 spiro atoms. The van der Waals surface area contributed by atoms with Crippen LogP contribution in [0.5, 0.6) is 5.75 Å². The number of anilines is 1. The van der Waals surface area contributed by atoms with Gasteiger partial charge in [-0.3, -0.25) is 9.59 Å². The van der Waals surface area contributed by atoms with Crippen molar-refractivity contribution in [2.75, 3.05) is 11.9 Å². The standard InChI is InChI=1S/C23H25N3O3/c1-3-18-15-22(28)26-23(25-18)17-8-5-9-19(14-17)24-21(27)11-6-12-29-20-10-4-7-16(2)13-20/h4-5,7-10,13-15H,3,6,11-12H2,1-2H3,(H,24,27)(H,25,26,28). The summed E-state index contributed by atoms with van der Waals surface area (Å²) in [7, 11) is 0. The number of hydrogen-bond donors (Lipinski definition) is 2. The molecule has 2 N–H and O–H groups in total. The third-order valence-electron chi connectivity index (χ3n) is 4.38. The highest BCUT2D eigenvalue weighted by Gasteiger charge is 2.07. The first-order valence-corrected chi connectivity index (χ1v) is 9.73. The molecule has 0 radical (unpaired) electrons. The van der Waals surface area contributed by atoms with Crippen LogP contribution in [-0.4, -0.2) is 22.5 Å². The van der Waals surface area contributed by atoms with E-state index < -0.39 is 0 Å². The van der Waals surface area contributed by atoms with Crippen LogP contribution < -0.4 is 15.6 Å². The fraction of sp³-hybridized carbons (Fsp3) is 0.261. The Balaban J connectivity index is 1.55. The number of aromatic nitrogens is 2. The molecule has 0 atom stereocenters. The number of benzene rings is 2. The predicted octanol–water partition coefficient (Wildman–Crippen LogP) is 4.11. The summed E-state index contributed by atoms with van der Waals surface area (Å²) in [5.74, 6) is 1.23. The fourth-order valence-corrected chi connectivity index (χ4v) is 2.92. The first kappa shape index (κ1) is 20.3. The van der Waals surface area contributed by atoms with Crippen molar-refractivity contribution in [3.8, 4) is 17.1 Å². The molecule has 6 nitrogen and oxygen atoms in total. The number of carbonyl (C=O) groups is 1. The number of aromatic amines is 1. The SMILES string of the molecule is CCc1cc(=O)[nH]c(-c2cccc(NC(=O)CCCOc3cccc(C)c3)c2)n1. The number of hydrogen-bond acceptors (Lipinski definition) is 4. The van der Waals surface area contributed by atoms with Crippen molar-refractivity contribution in [1.82, 2.24) is 9.97 Å². The van der Waals surface area contributed by atoms with Crippen molar-refractivity contribution in [3.63, 3.8) is 0 Å². The summed E-state index contributed by atoms with van der Waals surface area (Å²) in [5, 5.41) is 2.89. The topological polar surface area (TPSA) is 84.1 Å². The second-order valence-electron chi connectivity index (χ2n) is 6.84. The van der Waals surface area contributed by atoms with Crippen LogP contribution in [0.2, 0.25) is 0 Å². The quantitative estimate of drug-likeness (QED) is 0.566. The van der Waals surface area contributed by atoms with E-state index in [1.54, 1.807) is 6.07 Å². The van der Waals surface area contributed by atoms with Gasteiger partial charge in [-0.2, -0.15) is 0 Å². The van der Waals surface area contributed by atoms with Gasteiger partial charge in [0.2, 0.25) is 5.91 Å². The lowest BCUT2D eigenvalue weighted by atomic mass is 10.1. The Morgan fingerprint density at radius 3 is 2.76 bits per heavy atom. The zero-order chi connectivity index (χ0) is 20.6. The Kier molecular flexibility index (Phi) is 6.79. The number of carbonyl (C=O) groups excluding carboxylic acids is 1. The summed E-state index contributed by atoms with van der Waals surface area (Å²) in [4.78, 5) is 31.2. The number of aryl methyl sites for hydroxylation is 2. The van der Waals surface area contributed by atoms with Gasteiger partial charge in [0.05, 0.1) is 6.61 Å². The number of H-pyrrole nitrogens is 1. The molecule has 6 heteroatoms. The van der Waals surface area contributed by atoms with E-state index in [0.717, 1.165) is 22.6 Å². The van der Waals surface area contributed by atoms with E-state index in [2.05, 4.69) is 15.3 Å². The molecular formula is C23H25N3O3. The summed E-state index contributed by atoms with van der Waals surface area (Å²) in [5.41, 5.74) is 3.09. The Morgan fingerprint density at radius 1 is 1.14 bits per heavy atom. The summed E-state index contributed by atoms with van der Waals surface area (Å²) in [6.45, 7) is 4.44. The predicted molar refractivity (Wildman–Crippen MR) is 114 cm³/mol. The van der Waals surface area contributed by atoms with Crippen molar-refractivity contribution in [2.45, 2.75) is 33.1 Å². The van der Waals surface area contributed by atoms with Gasteiger partial charge in [0.15, 0.2) is 0 Å². The normalized spacial score (nSPS) is 10.6. The monoisotopic (exact) mass is 391 g/mol. The van der Waals surface area contributed by atoms with Gasteiger partial charge in [0.25, 0.3) is 5.56 Å². The number of rotatable bonds is 8. The van der Waals surface area contributed by atoms with Crippen LogP contribution in [0.4, 0.5) is 5.69 Å². The van der Waals surface area contributed by atoms with Crippen LogP contribution in [0.1, 0.15) is 31.0 Å². The molecule has 1 heterocycles. The van der Waals surface area contributed by atoms with E-state index in [1.807, 2.05) is 56.3 Å². The molecule has 29 heavy (non-hydrogen) atoms. The Labute approximate surface area is 170 Å². The summed E-state index contributed by atoms with van der Waals surface area (Å²) >= 11 is 0. The van der Waals surface area contributed by atoms with Gasteiger partial charge in [0.1, 0.15) is 11.6 Å². The van der Waals surface area contributed by atoms with Crippen LogP contribution in [0.25, 0.3) is 11.4 Å². The summed E-state index contributed by atoms with van der Waals surface area (Å²) < 4.78 is 5.68. The lowest BCUT2D eigenvalue weighted by Crippen LogP contribution is -2.13. The minimum absolute atomic E-state index is 0.0845. The van der Waals surface area contributed by atoms with Gasteiger partial charge in [-0.1, -0.05) is 31.2 Å². The molecule has 3 rings (SSSR count). The first-order chi connectivity index (χ1) is 14.0. The fourth-order valence-electron chi connectivity index (χ4n) is 2.92.